The number of hydrogen-bond acceptors (Lipinski definition) is 1. The molecule has 2 heteroatoms. The van der Waals surface area contributed by atoms with Gasteiger partial charge in [-0.05, 0) is 23.6 Å². The van der Waals surface area contributed by atoms with E-state index in [1.54, 1.807) is 0 Å². The highest BCUT2D eigenvalue weighted by atomic mass is 15.0. The maximum atomic E-state index is 4.61. The van der Waals surface area contributed by atoms with Gasteiger partial charge in [0.1, 0.15) is 5.82 Å². The van der Waals surface area contributed by atoms with E-state index >= 15 is 0 Å². The van der Waals surface area contributed by atoms with Crippen LogP contribution in [0.25, 0.3) is 38.9 Å². The molecule has 0 unspecified atom stereocenters. The first kappa shape index (κ1) is 16.5. The Morgan fingerprint density at radius 3 is 1.68 bits per heavy atom. The summed E-state index contributed by atoms with van der Waals surface area (Å²) in [5, 5.41) is 0. The molecular weight excluding hydrogens is 340 g/mol. The van der Waals surface area contributed by atoms with Crippen molar-refractivity contribution in [1.29, 1.82) is 0 Å². The van der Waals surface area contributed by atoms with Gasteiger partial charge in [-0.25, -0.2) is 4.98 Å². The second kappa shape index (κ2) is 6.82. The summed E-state index contributed by atoms with van der Waals surface area (Å²) in [4.78, 5) is 4.61. The van der Waals surface area contributed by atoms with E-state index in [-0.39, 0.29) is 0 Å². The zero-order valence-electron chi connectivity index (χ0n) is 15.7. The van der Waals surface area contributed by atoms with Crippen LogP contribution in [0.1, 0.15) is 5.82 Å². The first-order chi connectivity index (χ1) is 13.8. The van der Waals surface area contributed by atoms with Crippen LogP contribution in [0.15, 0.2) is 103 Å². The molecule has 2 aromatic heterocycles. The van der Waals surface area contributed by atoms with Crippen LogP contribution < -0.4 is 0 Å². The molecule has 2 heterocycles. The average Bonchev–Trinajstić information content (AvgIpc) is 3.15. The standard InChI is InChI=1S/C26H20N2/c1-19-27-17-24-26(22-15-9-4-10-16-22)25(21-13-7-3-8-14-21)23(18-28(19)24)20-11-5-2-6-12-20/h2-18H,1H3. The number of rotatable bonds is 3. The van der Waals surface area contributed by atoms with E-state index in [4.69, 9.17) is 0 Å². The number of hydrogen-bond donors (Lipinski definition) is 0. The third kappa shape index (κ3) is 2.71. The van der Waals surface area contributed by atoms with Crippen molar-refractivity contribution in [1.82, 2.24) is 9.38 Å². The van der Waals surface area contributed by atoms with Gasteiger partial charge < -0.3 is 4.40 Å². The Bertz CT molecular complexity index is 1240. The molecule has 28 heavy (non-hydrogen) atoms. The number of pyridine rings is 1. The molecule has 0 saturated carbocycles. The van der Waals surface area contributed by atoms with Crippen LogP contribution in [-0.2, 0) is 0 Å². The summed E-state index contributed by atoms with van der Waals surface area (Å²) in [6, 6.07) is 31.9. The van der Waals surface area contributed by atoms with Crippen LogP contribution in [0.2, 0.25) is 0 Å². The molecule has 5 rings (SSSR count). The smallest absolute Gasteiger partial charge is 0.110 e. The Hall–Kier alpha value is -3.65. The summed E-state index contributed by atoms with van der Waals surface area (Å²) >= 11 is 0. The highest BCUT2D eigenvalue weighted by Crippen LogP contribution is 2.42. The molecule has 0 saturated heterocycles. The molecule has 0 amide bonds. The fraction of sp³-hybridized carbons (Fsp3) is 0.0385. The monoisotopic (exact) mass is 360 g/mol. The third-order valence-corrected chi connectivity index (χ3v) is 5.23. The van der Waals surface area contributed by atoms with Crippen molar-refractivity contribution in [3.63, 3.8) is 0 Å². The van der Waals surface area contributed by atoms with Gasteiger partial charge in [-0.3, -0.25) is 0 Å². The van der Waals surface area contributed by atoms with E-state index in [9.17, 15) is 0 Å². The fourth-order valence-corrected chi connectivity index (χ4v) is 3.90. The molecule has 0 N–H and O–H groups in total. The minimum Gasteiger partial charge on any atom is -0.303 e. The summed E-state index contributed by atoms with van der Waals surface area (Å²) < 4.78 is 2.21. The molecular formula is C26H20N2. The predicted octanol–water partition coefficient (Wildman–Crippen LogP) is 6.64. The number of nitrogens with zero attached hydrogens (tertiary/aromatic N) is 2. The number of aryl methyl sites for hydroxylation is 1. The molecule has 0 aliphatic heterocycles. The summed E-state index contributed by atoms with van der Waals surface area (Å²) in [5.74, 6) is 0.990. The zero-order valence-corrected chi connectivity index (χ0v) is 15.7. The number of imidazole rings is 1. The molecule has 0 fully saturated rings. The highest BCUT2D eigenvalue weighted by Gasteiger charge is 2.19. The Labute approximate surface area is 164 Å². The average molecular weight is 360 g/mol. The summed E-state index contributed by atoms with van der Waals surface area (Å²) in [5.41, 5.74) is 8.40. The van der Waals surface area contributed by atoms with Crippen LogP contribution in [0.5, 0.6) is 0 Å². The van der Waals surface area contributed by atoms with E-state index < -0.39 is 0 Å². The van der Waals surface area contributed by atoms with Gasteiger partial charge in [0, 0.05) is 22.9 Å². The topological polar surface area (TPSA) is 17.3 Å². The van der Waals surface area contributed by atoms with Crippen LogP contribution in [0.3, 0.4) is 0 Å². The molecule has 3 aromatic carbocycles. The Kier molecular flexibility index (Phi) is 4.02. The molecule has 0 atom stereocenters. The van der Waals surface area contributed by atoms with E-state index in [0.29, 0.717) is 0 Å². The van der Waals surface area contributed by atoms with Gasteiger partial charge in [0.05, 0.1) is 11.7 Å². The predicted molar refractivity (Wildman–Crippen MR) is 116 cm³/mol. The summed E-state index contributed by atoms with van der Waals surface area (Å²) in [6.07, 6.45) is 4.21. The molecule has 0 radical (unpaired) electrons. The van der Waals surface area contributed by atoms with Crippen molar-refractivity contribution in [2.24, 2.45) is 0 Å². The minimum absolute atomic E-state index is 0.990. The lowest BCUT2D eigenvalue weighted by Crippen LogP contribution is -1.97. The molecule has 5 aromatic rings. The van der Waals surface area contributed by atoms with Gasteiger partial charge in [0.25, 0.3) is 0 Å². The second-order valence-corrected chi connectivity index (χ2v) is 6.95. The van der Waals surface area contributed by atoms with Crippen LogP contribution >= 0.6 is 0 Å². The lowest BCUT2D eigenvalue weighted by molar-refractivity contribution is 1.05. The van der Waals surface area contributed by atoms with Crippen molar-refractivity contribution in [2.75, 3.05) is 0 Å². The Balaban J connectivity index is 1.98. The first-order valence-corrected chi connectivity index (χ1v) is 9.50. The Morgan fingerprint density at radius 2 is 1.11 bits per heavy atom. The van der Waals surface area contributed by atoms with Crippen molar-refractivity contribution >= 4 is 5.52 Å². The SMILES string of the molecule is Cc1ncc2c(-c3ccccc3)c(-c3ccccc3)c(-c3ccccc3)cn12. The number of benzene rings is 3. The van der Waals surface area contributed by atoms with Gasteiger partial charge in [-0.1, -0.05) is 91.0 Å². The molecule has 134 valence electrons. The third-order valence-electron chi connectivity index (χ3n) is 5.23. The minimum atomic E-state index is 0.990. The highest BCUT2D eigenvalue weighted by molar-refractivity contribution is 6.00. The van der Waals surface area contributed by atoms with E-state index in [1.165, 1.54) is 33.4 Å². The van der Waals surface area contributed by atoms with Crippen molar-refractivity contribution in [2.45, 2.75) is 6.92 Å². The maximum Gasteiger partial charge on any atom is 0.110 e. The summed E-state index contributed by atoms with van der Waals surface area (Å²) in [6.45, 7) is 2.05. The van der Waals surface area contributed by atoms with Crippen molar-refractivity contribution in [3.05, 3.63) is 109 Å². The van der Waals surface area contributed by atoms with Gasteiger partial charge >= 0.3 is 0 Å². The van der Waals surface area contributed by atoms with E-state index in [0.717, 1.165) is 11.3 Å². The number of fused-ring (bicyclic) bond motifs is 1. The molecule has 0 aliphatic carbocycles. The van der Waals surface area contributed by atoms with Gasteiger partial charge in [-0.2, -0.15) is 0 Å². The summed E-state index contributed by atoms with van der Waals surface area (Å²) in [7, 11) is 0. The largest absolute Gasteiger partial charge is 0.303 e. The maximum absolute atomic E-state index is 4.61. The quantitative estimate of drug-likeness (QED) is 0.352. The normalized spacial score (nSPS) is 11.0. The number of aromatic nitrogens is 2. The lowest BCUT2D eigenvalue weighted by atomic mass is 9.88. The second-order valence-electron chi connectivity index (χ2n) is 6.95. The molecule has 0 aliphatic rings. The Morgan fingerprint density at radius 1 is 0.607 bits per heavy atom. The van der Waals surface area contributed by atoms with Crippen molar-refractivity contribution < 1.29 is 0 Å². The van der Waals surface area contributed by atoms with Gasteiger partial charge in [0.15, 0.2) is 0 Å². The fourth-order valence-electron chi connectivity index (χ4n) is 3.90. The zero-order chi connectivity index (χ0) is 18.9. The van der Waals surface area contributed by atoms with Gasteiger partial charge in [-0.15, -0.1) is 0 Å². The van der Waals surface area contributed by atoms with Crippen LogP contribution in [0.4, 0.5) is 0 Å². The van der Waals surface area contributed by atoms with E-state index in [1.807, 2.05) is 6.20 Å². The van der Waals surface area contributed by atoms with Crippen molar-refractivity contribution in [3.8, 4) is 33.4 Å². The van der Waals surface area contributed by atoms with Gasteiger partial charge in [0.2, 0.25) is 0 Å². The molecule has 0 spiro atoms. The van der Waals surface area contributed by atoms with Crippen LogP contribution in [-0.4, -0.2) is 9.38 Å². The molecule has 0 bridgehead atoms. The van der Waals surface area contributed by atoms with E-state index in [2.05, 4.69) is 114 Å². The first-order valence-electron chi connectivity index (χ1n) is 9.50. The lowest BCUT2D eigenvalue weighted by Gasteiger charge is -2.18. The van der Waals surface area contributed by atoms with Crippen LogP contribution in [0, 0.1) is 6.92 Å². The molecule has 2 nitrogen and oxygen atoms in total.